The van der Waals surface area contributed by atoms with E-state index in [-0.39, 0.29) is 11.4 Å². The molecule has 0 saturated carbocycles. The summed E-state index contributed by atoms with van der Waals surface area (Å²) < 4.78 is 5.82. The maximum absolute atomic E-state index is 12.6. The van der Waals surface area contributed by atoms with Gasteiger partial charge in [-0.25, -0.2) is 0 Å². The summed E-state index contributed by atoms with van der Waals surface area (Å²) in [5.41, 5.74) is 2.13. The van der Waals surface area contributed by atoms with Crippen molar-refractivity contribution in [1.29, 1.82) is 5.41 Å². The Morgan fingerprint density at radius 3 is 2.50 bits per heavy atom. The second-order valence-electron chi connectivity index (χ2n) is 7.79. The van der Waals surface area contributed by atoms with Crippen LogP contribution in [0.1, 0.15) is 30.4 Å². The number of carbonyl (C=O) groups excluding carboxylic acids is 1. The van der Waals surface area contributed by atoms with E-state index in [1.54, 1.807) is 6.08 Å². The number of amidine groups is 3. The highest BCUT2D eigenvalue weighted by Crippen LogP contribution is 2.30. The maximum Gasteiger partial charge on any atom is 0.283 e. The molecule has 1 N–H and O–H groups in total. The van der Waals surface area contributed by atoms with Crippen LogP contribution in [-0.4, -0.2) is 45.1 Å². The third kappa shape index (κ3) is 4.31. The molecule has 0 aromatic heterocycles. The van der Waals surface area contributed by atoms with Crippen LogP contribution in [0.15, 0.2) is 70.3 Å². The van der Waals surface area contributed by atoms with Gasteiger partial charge < -0.3 is 9.64 Å². The third-order valence-corrected chi connectivity index (χ3v) is 6.48. The molecule has 3 aliphatic heterocycles. The average Bonchev–Trinajstić information content (AvgIpc) is 3.27. The lowest BCUT2D eigenvalue weighted by Crippen LogP contribution is -2.35. The fourth-order valence-corrected chi connectivity index (χ4v) is 4.71. The van der Waals surface area contributed by atoms with Crippen molar-refractivity contribution >= 4 is 39.9 Å². The van der Waals surface area contributed by atoms with E-state index in [0.717, 1.165) is 48.0 Å². The minimum Gasteiger partial charge on any atom is -0.489 e. The molecule has 0 radical (unpaired) electrons. The summed E-state index contributed by atoms with van der Waals surface area (Å²) in [6, 6.07) is 17.4. The molecule has 0 unspecified atom stereocenters. The number of nitrogens with one attached hydrogen (secondary N) is 1. The number of hydrogen-bond donors (Lipinski definition) is 1. The lowest BCUT2D eigenvalue weighted by molar-refractivity contribution is -0.114. The number of rotatable bonds is 4. The lowest BCUT2D eigenvalue weighted by Gasteiger charge is -2.26. The van der Waals surface area contributed by atoms with E-state index in [9.17, 15) is 4.79 Å². The first-order chi connectivity index (χ1) is 15.7. The SMILES string of the molecule is N=C1/C(=C/c2ccc(OCc3ccccc3)cc2)C(=O)N=C2SC(N3CCCCC3)=NN12. The Kier molecular flexibility index (Phi) is 5.77. The fraction of sp³-hybridized carbons (Fsp3) is 0.250. The molecule has 32 heavy (non-hydrogen) atoms. The maximum atomic E-state index is 12.6. The van der Waals surface area contributed by atoms with Crippen LogP contribution in [0.4, 0.5) is 0 Å². The van der Waals surface area contributed by atoms with Gasteiger partial charge in [0, 0.05) is 13.1 Å². The summed E-state index contributed by atoms with van der Waals surface area (Å²) in [5, 5.41) is 15.9. The predicted molar refractivity (Wildman–Crippen MR) is 128 cm³/mol. The zero-order chi connectivity index (χ0) is 21.9. The van der Waals surface area contributed by atoms with Crippen LogP contribution in [0.2, 0.25) is 0 Å². The first-order valence-corrected chi connectivity index (χ1v) is 11.5. The van der Waals surface area contributed by atoms with Gasteiger partial charge in [0.15, 0.2) is 11.0 Å². The van der Waals surface area contributed by atoms with Crippen molar-refractivity contribution in [3.63, 3.8) is 0 Å². The van der Waals surface area contributed by atoms with Crippen molar-refractivity contribution in [2.75, 3.05) is 13.1 Å². The van der Waals surface area contributed by atoms with Crippen LogP contribution in [-0.2, 0) is 11.4 Å². The Labute approximate surface area is 191 Å². The Hall–Kier alpha value is -3.39. The third-order valence-electron chi connectivity index (χ3n) is 5.51. The minimum absolute atomic E-state index is 0.0592. The summed E-state index contributed by atoms with van der Waals surface area (Å²) in [6.45, 7) is 2.40. The number of benzene rings is 2. The monoisotopic (exact) mass is 445 g/mol. The van der Waals surface area contributed by atoms with E-state index in [1.165, 1.54) is 23.2 Å². The number of hydrogen-bond acceptors (Lipinski definition) is 6. The number of ether oxygens (including phenoxy) is 1. The average molecular weight is 446 g/mol. The van der Waals surface area contributed by atoms with Gasteiger partial charge in [0.25, 0.3) is 5.91 Å². The van der Waals surface area contributed by atoms with Crippen LogP contribution < -0.4 is 4.74 Å². The summed E-state index contributed by atoms with van der Waals surface area (Å²) in [5.74, 6) is 0.394. The molecular weight excluding hydrogens is 422 g/mol. The summed E-state index contributed by atoms with van der Waals surface area (Å²) in [6.07, 6.45) is 5.19. The zero-order valence-electron chi connectivity index (χ0n) is 17.5. The van der Waals surface area contributed by atoms with E-state index in [1.807, 2.05) is 54.6 Å². The number of carbonyl (C=O) groups is 1. The largest absolute Gasteiger partial charge is 0.489 e. The number of nitrogens with zero attached hydrogens (tertiary/aromatic N) is 4. The highest BCUT2D eigenvalue weighted by Gasteiger charge is 2.37. The normalized spacial score (nSPS) is 19.7. The zero-order valence-corrected chi connectivity index (χ0v) is 18.3. The van der Waals surface area contributed by atoms with Gasteiger partial charge in [0.05, 0.1) is 5.57 Å². The van der Waals surface area contributed by atoms with Crippen molar-refractivity contribution in [3.05, 3.63) is 71.3 Å². The van der Waals surface area contributed by atoms with Gasteiger partial charge in [0.2, 0.25) is 5.17 Å². The van der Waals surface area contributed by atoms with Crippen molar-refractivity contribution in [2.24, 2.45) is 10.1 Å². The highest BCUT2D eigenvalue weighted by molar-refractivity contribution is 8.26. The number of aliphatic imine (C=N–C) groups is 1. The van der Waals surface area contributed by atoms with Gasteiger partial charge in [-0.3, -0.25) is 10.2 Å². The number of piperidine rings is 1. The quantitative estimate of drug-likeness (QED) is 0.709. The van der Waals surface area contributed by atoms with E-state index in [4.69, 9.17) is 10.1 Å². The molecular formula is C24H23N5O2S. The van der Waals surface area contributed by atoms with Gasteiger partial charge in [-0.1, -0.05) is 42.5 Å². The van der Waals surface area contributed by atoms with E-state index < -0.39 is 5.91 Å². The number of amides is 1. The van der Waals surface area contributed by atoms with Crippen LogP contribution in [0.3, 0.4) is 0 Å². The smallest absolute Gasteiger partial charge is 0.283 e. The van der Waals surface area contributed by atoms with Crippen LogP contribution in [0.25, 0.3) is 6.08 Å². The van der Waals surface area contributed by atoms with Gasteiger partial charge in [-0.15, -0.1) is 5.10 Å². The van der Waals surface area contributed by atoms with Crippen LogP contribution in [0, 0.1) is 5.41 Å². The second-order valence-corrected chi connectivity index (χ2v) is 8.73. The molecule has 0 aliphatic carbocycles. The van der Waals surface area contributed by atoms with Gasteiger partial charge in [0.1, 0.15) is 12.4 Å². The fourth-order valence-electron chi connectivity index (χ4n) is 3.76. The molecule has 0 atom stereocenters. The van der Waals surface area contributed by atoms with Crippen LogP contribution in [0.5, 0.6) is 5.75 Å². The number of likely N-dealkylation sites (tertiary alicyclic amines) is 1. The molecule has 0 bridgehead atoms. The molecule has 1 fully saturated rings. The number of hydrazone groups is 1. The van der Waals surface area contributed by atoms with Crippen molar-refractivity contribution in [3.8, 4) is 5.75 Å². The molecule has 7 nitrogen and oxygen atoms in total. The Balaban J connectivity index is 1.29. The first-order valence-electron chi connectivity index (χ1n) is 10.7. The van der Waals surface area contributed by atoms with Gasteiger partial charge in [-0.2, -0.15) is 10.0 Å². The molecule has 8 heteroatoms. The summed E-state index contributed by atoms with van der Waals surface area (Å²) in [7, 11) is 0. The van der Waals surface area contributed by atoms with E-state index in [0.29, 0.717) is 11.8 Å². The Morgan fingerprint density at radius 2 is 1.75 bits per heavy atom. The topological polar surface area (TPSA) is 81.3 Å². The van der Waals surface area contributed by atoms with Crippen molar-refractivity contribution < 1.29 is 9.53 Å². The number of thioether (sulfide) groups is 1. The molecule has 0 spiro atoms. The molecule has 1 saturated heterocycles. The summed E-state index contributed by atoms with van der Waals surface area (Å²) >= 11 is 1.37. The molecule has 5 rings (SSSR count). The van der Waals surface area contributed by atoms with Crippen molar-refractivity contribution in [2.45, 2.75) is 25.9 Å². The van der Waals surface area contributed by atoms with Gasteiger partial charge >= 0.3 is 0 Å². The first kappa shape index (κ1) is 20.5. The molecule has 2 aromatic rings. The molecule has 2 aromatic carbocycles. The van der Waals surface area contributed by atoms with Crippen LogP contribution >= 0.6 is 11.8 Å². The molecule has 162 valence electrons. The predicted octanol–water partition coefficient (Wildman–Crippen LogP) is 4.33. The Bertz CT molecular complexity index is 1120. The second kappa shape index (κ2) is 9.00. The standard InChI is InChI=1S/C24H23N5O2S/c25-21-20(15-17-9-11-19(12-10-17)31-16-18-7-3-1-4-8-18)22(30)26-23-29(21)27-24(32-23)28-13-5-2-6-14-28/h1,3-4,7-12,15,25H,2,5-6,13-14,16H2/b20-15-,25-21?. The van der Waals surface area contributed by atoms with Crippen molar-refractivity contribution in [1.82, 2.24) is 9.91 Å². The summed E-state index contributed by atoms with van der Waals surface area (Å²) in [4.78, 5) is 19.0. The molecule has 3 aliphatic rings. The highest BCUT2D eigenvalue weighted by atomic mass is 32.2. The minimum atomic E-state index is -0.409. The Morgan fingerprint density at radius 1 is 1.00 bits per heavy atom. The lowest BCUT2D eigenvalue weighted by atomic mass is 10.1. The number of fused-ring (bicyclic) bond motifs is 1. The van der Waals surface area contributed by atoms with E-state index in [2.05, 4.69) is 15.0 Å². The molecule has 3 heterocycles. The molecule has 1 amide bonds. The van der Waals surface area contributed by atoms with E-state index >= 15 is 0 Å². The van der Waals surface area contributed by atoms with Gasteiger partial charge in [-0.05, 0) is 60.4 Å².